The zero-order valence-corrected chi connectivity index (χ0v) is 13.7. The highest BCUT2D eigenvalue weighted by molar-refractivity contribution is 9.10. The van der Waals surface area contributed by atoms with Crippen LogP contribution in [0.4, 0.5) is 0 Å². The Morgan fingerprint density at radius 2 is 1.80 bits per heavy atom. The van der Waals surface area contributed by atoms with Gasteiger partial charge in [-0.1, -0.05) is 63.9 Å². The molecule has 2 aromatic carbocycles. The van der Waals surface area contributed by atoms with Crippen molar-refractivity contribution in [2.45, 2.75) is 12.6 Å². The first kappa shape index (κ1) is 15.5. The van der Waals surface area contributed by atoms with Crippen molar-refractivity contribution in [1.29, 1.82) is 0 Å². The van der Waals surface area contributed by atoms with E-state index in [1.54, 1.807) is 0 Å². The topological polar surface area (TPSA) is 29.3 Å². The van der Waals surface area contributed by atoms with E-state index in [1.807, 2.05) is 42.5 Å². The van der Waals surface area contributed by atoms with Gasteiger partial charge in [-0.05, 0) is 30.3 Å². The third kappa shape index (κ3) is 3.61. The van der Waals surface area contributed by atoms with Crippen molar-refractivity contribution in [2.75, 3.05) is 13.6 Å². The monoisotopic (exact) mass is 352 g/mol. The maximum absolute atomic E-state index is 6.23. The highest BCUT2D eigenvalue weighted by atomic mass is 79.9. The highest BCUT2D eigenvalue weighted by Gasteiger charge is 2.18. The predicted octanol–water partition coefficient (Wildman–Crippen LogP) is 4.23. The number of hydrogen-bond donors (Lipinski definition) is 1. The Kier molecular flexibility index (Phi) is 5.61. The minimum Gasteiger partial charge on any atom is -0.329 e. The van der Waals surface area contributed by atoms with Crippen LogP contribution in [0.25, 0.3) is 0 Å². The van der Waals surface area contributed by atoms with Crippen molar-refractivity contribution in [1.82, 2.24) is 4.90 Å². The Morgan fingerprint density at radius 3 is 2.45 bits per heavy atom. The molecule has 0 bridgehead atoms. The van der Waals surface area contributed by atoms with Crippen molar-refractivity contribution in [3.8, 4) is 0 Å². The normalized spacial score (nSPS) is 12.7. The molecule has 1 unspecified atom stereocenters. The van der Waals surface area contributed by atoms with Crippen LogP contribution in [0.3, 0.4) is 0 Å². The van der Waals surface area contributed by atoms with E-state index in [4.69, 9.17) is 17.3 Å². The van der Waals surface area contributed by atoms with E-state index in [2.05, 4.69) is 33.9 Å². The van der Waals surface area contributed by atoms with Crippen molar-refractivity contribution in [3.63, 3.8) is 0 Å². The van der Waals surface area contributed by atoms with Gasteiger partial charge in [0.05, 0.1) is 0 Å². The lowest BCUT2D eigenvalue weighted by Crippen LogP contribution is -2.30. The summed E-state index contributed by atoms with van der Waals surface area (Å²) >= 11 is 9.82. The first-order chi connectivity index (χ1) is 9.63. The predicted molar refractivity (Wildman–Crippen MR) is 88.9 cm³/mol. The summed E-state index contributed by atoms with van der Waals surface area (Å²) in [7, 11) is 2.07. The number of benzene rings is 2. The fourth-order valence-electron chi connectivity index (χ4n) is 2.30. The Balaban J connectivity index is 2.20. The number of halogens is 2. The van der Waals surface area contributed by atoms with Gasteiger partial charge in [0.15, 0.2) is 0 Å². The summed E-state index contributed by atoms with van der Waals surface area (Å²) in [6.07, 6.45) is 0. The molecule has 0 heterocycles. The van der Waals surface area contributed by atoms with Crippen molar-refractivity contribution in [2.24, 2.45) is 5.73 Å². The zero-order valence-electron chi connectivity index (χ0n) is 11.4. The second kappa shape index (κ2) is 7.23. The summed E-state index contributed by atoms with van der Waals surface area (Å²) in [5, 5.41) is 0.794. The van der Waals surface area contributed by atoms with E-state index < -0.39 is 0 Å². The van der Waals surface area contributed by atoms with Crippen molar-refractivity contribution in [3.05, 3.63) is 69.2 Å². The van der Waals surface area contributed by atoms with Crippen LogP contribution < -0.4 is 5.73 Å². The van der Waals surface area contributed by atoms with Gasteiger partial charge in [0, 0.05) is 28.6 Å². The van der Waals surface area contributed by atoms with Gasteiger partial charge in [0.1, 0.15) is 0 Å². The van der Waals surface area contributed by atoms with Gasteiger partial charge in [0.2, 0.25) is 0 Å². The summed E-state index contributed by atoms with van der Waals surface area (Å²) in [5.74, 6) is 0. The van der Waals surface area contributed by atoms with Crippen LogP contribution in [-0.2, 0) is 6.54 Å². The Morgan fingerprint density at radius 1 is 1.15 bits per heavy atom. The lowest BCUT2D eigenvalue weighted by molar-refractivity contribution is 0.241. The molecule has 2 nitrogen and oxygen atoms in total. The number of likely N-dealkylation sites (N-methyl/N-ethyl adjacent to an activating group) is 1. The number of nitrogens with zero attached hydrogens (tertiary/aromatic N) is 1. The van der Waals surface area contributed by atoms with Gasteiger partial charge in [-0.2, -0.15) is 0 Å². The molecule has 1 atom stereocenters. The van der Waals surface area contributed by atoms with Crippen LogP contribution in [0.15, 0.2) is 53.0 Å². The minimum atomic E-state index is 0.154. The van der Waals surface area contributed by atoms with Crippen LogP contribution in [0.5, 0.6) is 0 Å². The molecule has 0 fully saturated rings. The standard InChI is InChI=1S/C16H18BrClN2/c1-20(11-12-6-2-5-9-15(12)18)16(10-19)13-7-3-4-8-14(13)17/h2-9,16H,10-11,19H2,1H3. The minimum absolute atomic E-state index is 0.154. The lowest BCUT2D eigenvalue weighted by atomic mass is 10.0. The second-order valence-corrected chi connectivity index (χ2v) is 6.04. The average Bonchev–Trinajstić information content (AvgIpc) is 2.44. The van der Waals surface area contributed by atoms with E-state index in [9.17, 15) is 0 Å². The summed E-state index contributed by atoms with van der Waals surface area (Å²) in [6.45, 7) is 1.33. The molecule has 106 valence electrons. The van der Waals surface area contributed by atoms with Gasteiger partial charge in [-0.3, -0.25) is 4.90 Å². The molecule has 0 aliphatic heterocycles. The fraction of sp³-hybridized carbons (Fsp3) is 0.250. The largest absolute Gasteiger partial charge is 0.329 e. The van der Waals surface area contributed by atoms with Gasteiger partial charge >= 0.3 is 0 Å². The Hall–Kier alpha value is -0.870. The molecule has 0 aliphatic carbocycles. The smallest absolute Gasteiger partial charge is 0.0482 e. The van der Waals surface area contributed by atoms with E-state index in [0.29, 0.717) is 6.54 Å². The van der Waals surface area contributed by atoms with E-state index in [1.165, 1.54) is 5.56 Å². The molecular weight excluding hydrogens is 336 g/mol. The van der Waals surface area contributed by atoms with Crippen LogP contribution in [0.2, 0.25) is 5.02 Å². The molecule has 0 saturated carbocycles. The number of nitrogens with two attached hydrogens (primary N) is 1. The van der Waals surface area contributed by atoms with E-state index >= 15 is 0 Å². The van der Waals surface area contributed by atoms with E-state index in [-0.39, 0.29) is 6.04 Å². The maximum Gasteiger partial charge on any atom is 0.0482 e. The van der Waals surface area contributed by atoms with Gasteiger partial charge in [0.25, 0.3) is 0 Å². The molecular formula is C16H18BrClN2. The summed E-state index contributed by atoms with van der Waals surface area (Å²) in [5.41, 5.74) is 8.28. The summed E-state index contributed by atoms with van der Waals surface area (Å²) in [4.78, 5) is 2.22. The number of rotatable bonds is 5. The first-order valence-corrected chi connectivity index (χ1v) is 7.68. The lowest BCUT2D eigenvalue weighted by Gasteiger charge is -2.28. The third-order valence-corrected chi connectivity index (χ3v) is 4.49. The first-order valence-electron chi connectivity index (χ1n) is 6.51. The molecule has 4 heteroatoms. The quantitative estimate of drug-likeness (QED) is 0.871. The molecule has 20 heavy (non-hydrogen) atoms. The summed E-state index contributed by atoms with van der Waals surface area (Å²) in [6, 6.07) is 16.3. The molecule has 0 saturated heterocycles. The highest BCUT2D eigenvalue weighted by Crippen LogP contribution is 2.28. The molecule has 0 aromatic heterocycles. The van der Waals surface area contributed by atoms with Crippen LogP contribution >= 0.6 is 27.5 Å². The van der Waals surface area contributed by atoms with Gasteiger partial charge in [-0.15, -0.1) is 0 Å². The molecule has 2 N–H and O–H groups in total. The molecule has 0 spiro atoms. The van der Waals surface area contributed by atoms with Crippen LogP contribution in [0, 0.1) is 0 Å². The molecule has 0 amide bonds. The second-order valence-electron chi connectivity index (χ2n) is 4.78. The summed E-state index contributed by atoms with van der Waals surface area (Å²) < 4.78 is 1.08. The van der Waals surface area contributed by atoms with Gasteiger partial charge < -0.3 is 5.73 Å². The van der Waals surface area contributed by atoms with Gasteiger partial charge in [-0.25, -0.2) is 0 Å². The zero-order chi connectivity index (χ0) is 14.5. The Bertz CT molecular complexity index is 574. The third-order valence-electron chi connectivity index (χ3n) is 3.40. The molecule has 2 rings (SSSR count). The van der Waals surface area contributed by atoms with Crippen LogP contribution in [0.1, 0.15) is 17.2 Å². The van der Waals surface area contributed by atoms with E-state index in [0.717, 1.165) is 21.6 Å². The molecule has 0 aliphatic rings. The maximum atomic E-state index is 6.23. The molecule has 2 aromatic rings. The fourth-order valence-corrected chi connectivity index (χ4v) is 3.04. The SMILES string of the molecule is CN(Cc1ccccc1Cl)C(CN)c1ccccc1Br. The molecule has 0 radical (unpaired) electrons. The average molecular weight is 354 g/mol. The number of hydrogen-bond acceptors (Lipinski definition) is 2. The van der Waals surface area contributed by atoms with Crippen molar-refractivity contribution < 1.29 is 0 Å². The van der Waals surface area contributed by atoms with Crippen molar-refractivity contribution >= 4 is 27.5 Å². The van der Waals surface area contributed by atoms with Crippen LogP contribution in [-0.4, -0.2) is 18.5 Å². The Labute approximate surface area is 133 Å².